The quantitative estimate of drug-likeness (QED) is 0.759. The third kappa shape index (κ3) is 2.08. The largest absolute Gasteiger partial charge is 0.481 e. The van der Waals surface area contributed by atoms with Crippen LogP contribution in [0, 0.1) is 11.3 Å². The number of carboxylic acid groups (broad SMARTS) is 1. The number of carbonyl (C=O) groups excluding carboxylic acids is 1. The zero-order chi connectivity index (χ0) is 12.5. The van der Waals surface area contributed by atoms with Gasteiger partial charge in [0.2, 0.25) is 5.91 Å². The van der Waals surface area contributed by atoms with Crippen molar-refractivity contribution >= 4 is 11.9 Å². The SMILES string of the molecule is CCC1(C(=O)O)CCN(C(=O)C2CC=CC2)C1. The highest BCUT2D eigenvalue weighted by molar-refractivity contribution is 5.82. The number of hydrogen-bond acceptors (Lipinski definition) is 2. The predicted octanol–water partition coefficient (Wildman–Crippen LogP) is 1.67. The van der Waals surface area contributed by atoms with Gasteiger partial charge in [-0.15, -0.1) is 0 Å². The Hall–Kier alpha value is -1.32. The molecule has 1 aliphatic carbocycles. The summed E-state index contributed by atoms with van der Waals surface area (Å²) in [5, 5.41) is 9.28. The lowest BCUT2D eigenvalue weighted by Crippen LogP contribution is -2.38. The molecule has 94 valence electrons. The highest BCUT2D eigenvalue weighted by Crippen LogP contribution is 2.35. The van der Waals surface area contributed by atoms with E-state index in [0.717, 1.165) is 12.8 Å². The van der Waals surface area contributed by atoms with E-state index < -0.39 is 11.4 Å². The van der Waals surface area contributed by atoms with E-state index in [1.165, 1.54) is 0 Å². The van der Waals surface area contributed by atoms with Crippen molar-refractivity contribution in [3.05, 3.63) is 12.2 Å². The lowest BCUT2D eigenvalue weighted by molar-refractivity contribution is -0.148. The van der Waals surface area contributed by atoms with Crippen LogP contribution in [0.2, 0.25) is 0 Å². The van der Waals surface area contributed by atoms with Crippen LogP contribution >= 0.6 is 0 Å². The molecule has 17 heavy (non-hydrogen) atoms. The van der Waals surface area contributed by atoms with Gasteiger partial charge in [-0.05, 0) is 25.7 Å². The smallest absolute Gasteiger partial charge is 0.311 e. The second kappa shape index (κ2) is 4.51. The Morgan fingerprint density at radius 3 is 2.53 bits per heavy atom. The van der Waals surface area contributed by atoms with Gasteiger partial charge in [-0.3, -0.25) is 9.59 Å². The minimum atomic E-state index is -0.764. The second-order valence-electron chi connectivity index (χ2n) is 5.09. The lowest BCUT2D eigenvalue weighted by Gasteiger charge is -2.24. The molecule has 1 heterocycles. The zero-order valence-electron chi connectivity index (χ0n) is 10.2. The molecule has 0 aromatic heterocycles. The highest BCUT2D eigenvalue weighted by Gasteiger charge is 2.45. The number of carboxylic acids is 1. The molecule has 0 bridgehead atoms. The number of likely N-dealkylation sites (tertiary alicyclic amines) is 1. The summed E-state index contributed by atoms with van der Waals surface area (Å²) in [6.45, 7) is 2.86. The van der Waals surface area contributed by atoms with E-state index >= 15 is 0 Å². The molecule has 1 unspecified atom stereocenters. The first-order valence-electron chi connectivity index (χ1n) is 6.26. The maximum Gasteiger partial charge on any atom is 0.311 e. The van der Waals surface area contributed by atoms with Crippen LogP contribution < -0.4 is 0 Å². The van der Waals surface area contributed by atoms with Gasteiger partial charge in [0, 0.05) is 19.0 Å². The van der Waals surface area contributed by atoms with Gasteiger partial charge in [0.15, 0.2) is 0 Å². The van der Waals surface area contributed by atoms with Crippen molar-refractivity contribution < 1.29 is 14.7 Å². The van der Waals surface area contributed by atoms with Crippen molar-refractivity contribution in [2.24, 2.45) is 11.3 Å². The predicted molar refractivity (Wildman–Crippen MR) is 63.4 cm³/mol. The van der Waals surface area contributed by atoms with Gasteiger partial charge in [-0.1, -0.05) is 19.1 Å². The molecule has 0 saturated carbocycles. The fourth-order valence-electron chi connectivity index (χ4n) is 2.75. The molecule has 2 rings (SSSR count). The average molecular weight is 237 g/mol. The number of rotatable bonds is 3. The fourth-order valence-corrected chi connectivity index (χ4v) is 2.75. The Morgan fingerprint density at radius 1 is 1.41 bits per heavy atom. The van der Waals surface area contributed by atoms with Crippen LogP contribution in [0.3, 0.4) is 0 Å². The molecule has 0 aromatic rings. The number of carbonyl (C=O) groups is 2. The van der Waals surface area contributed by atoms with E-state index in [1.807, 2.05) is 19.1 Å². The van der Waals surface area contributed by atoms with E-state index in [-0.39, 0.29) is 11.8 Å². The van der Waals surface area contributed by atoms with Crippen LogP contribution in [-0.2, 0) is 9.59 Å². The van der Waals surface area contributed by atoms with Gasteiger partial charge < -0.3 is 10.0 Å². The Labute approximate surface area is 101 Å². The van der Waals surface area contributed by atoms with Gasteiger partial charge in [-0.25, -0.2) is 0 Å². The minimum Gasteiger partial charge on any atom is -0.481 e. The summed E-state index contributed by atoms with van der Waals surface area (Å²) in [5.74, 6) is -0.581. The van der Waals surface area contributed by atoms with E-state index in [4.69, 9.17) is 0 Å². The standard InChI is InChI=1S/C13H19NO3/c1-2-13(12(16)17)7-8-14(9-13)11(15)10-5-3-4-6-10/h3-4,10H,2,5-9H2,1H3,(H,16,17). The normalized spacial score (nSPS) is 28.9. The molecule has 2 aliphatic rings. The van der Waals surface area contributed by atoms with Gasteiger partial charge in [0.1, 0.15) is 0 Å². The maximum atomic E-state index is 12.2. The molecule has 1 aliphatic heterocycles. The van der Waals surface area contributed by atoms with Crippen molar-refractivity contribution in [3.8, 4) is 0 Å². The number of aliphatic carboxylic acids is 1. The van der Waals surface area contributed by atoms with Crippen molar-refractivity contribution in [1.82, 2.24) is 4.90 Å². The van der Waals surface area contributed by atoms with Crippen LogP contribution in [0.1, 0.15) is 32.6 Å². The van der Waals surface area contributed by atoms with Crippen molar-refractivity contribution in [1.29, 1.82) is 0 Å². The Morgan fingerprint density at radius 2 is 2.06 bits per heavy atom. The van der Waals surface area contributed by atoms with E-state index in [1.54, 1.807) is 4.90 Å². The van der Waals surface area contributed by atoms with Crippen LogP contribution in [0.15, 0.2) is 12.2 Å². The minimum absolute atomic E-state index is 0.0523. The molecule has 1 atom stereocenters. The number of hydrogen-bond donors (Lipinski definition) is 1. The third-order valence-electron chi connectivity index (χ3n) is 4.15. The monoisotopic (exact) mass is 237 g/mol. The van der Waals surface area contributed by atoms with E-state index in [9.17, 15) is 14.7 Å². The first-order valence-corrected chi connectivity index (χ1v) is 6.26. The van der Waals surface area contributed by atoms with Gasteiger partial charge in [-0.2, -0.15) is 0 Å². The molecule has 0 aromatic carbocycles. The number of nitrogens with zero attached hydrogens (tertiary/aromatic N) is 1. The van der Waals surface area contributed by atoms with Crippen LogP contribution in [0.25, 0.3) is 0 Å². The molecule has 0 spiro atoms. The van der Waals surface area contributed by atoms with E-state index in [2.05, 4.69) is 0 Å². The highest BCUT2D eigenvalue weighted by atomic mass is 16.4. The number of allylic oxidation sites excluding steroid dienone is 2. The zero-order valence-corrected chi connectivity index (χ0v) is 10.2. The van der Waals surface area contributed by atoms with E-state index in [0.29, 0.717) is 25.9 Å². The summed E-state index contributed by atoms with van der Waals surface area (Å²) in [7, 11) is 0. The Kier molecular flexibility index (Phi) is 3.22. The summed E-state index contributed by atoms with van der Waals surface area (Å²) in [4.78, 5) is 25.2. The van der Waals surface area contributed by atoms with Crippen LogP contribution in [0.4, 0.5) is 0 Å². The molecule has 1 amide bonds. The molecule has 0 radical (unpaired) electrons. The summed E-state index contributed by atoms with van der Waals surface area (Å²) >= 11 is 0. The molecule has 1 N–H and O–H groups in total. The molecule has 4 heteroatoms. The van der Waals surface area contributed by atoms with Crippen LogP contribution in [0.5, 0.6) is 0 Å². The Bertz CT molecular complexity index is 356. The first-order chi connectivity index (χ1) is 8.09. The number of amides is 1. The average Bonchev–Trinajstić information content (AvgIpc) is 2.98. The van der Waals surface area contributed by atoms with Crippen molar-refractivity contribution in [2.45, 2.75) is 32.6 Å². The molecular weight excluding hydrogens is 218 g/mol. The first kappa shape index (κ1) is 12.1. The Balaban J connectivity index is 2.01. The van der Waals surface area contributed by atoms with Crippen LogP contribution in [-0.4, -0.2) is 35.0 Å². The van der Waals surface area contributed by atoms with Crippen molar-refractivity contribution in [2.75, 3.05) is 13.1 Å². The molecular formula is C13H19NO3. The summed E-state index contributed by atoms with van der Waals surface area (Å²) in [6, 6.07) is 0. The second-order valence-corrected chi connectivity index (χ2v) is 5.09. The molecule has 1 fully saturated rings. The summed E-state index contributed by atoms with van der Waals surface area (Å²) in [5.41, 5.74) is -0.707. The van der Waals surface area contributed by atoms with Gasteiger partial charge >= 0.3 is 5.97 Å². The maximum absolute atomic E-state index is 12.2. The third-order valence-corrected chi connectivity index (χ3v) is 4.15. The van der Waals surface area contributed by atoms with Gasteiger partial charge in [0.25, 0.3) is 0 Å². The fraction of sp³-hybridized carbons (Fsp3) is 0.692. The topological polar surface area (TPSA) is 57.6 Å². The summed E-state index contributed by atoms with van der Waals surface area (Å²) in [6.07, 6.45) is 6.86. The molecule has 4 nitrogen and oxygen atoms in total. The molecule has 1 saturated heterocycles. The summed E-state index contributed by atoms with van der Waals surface area (Å²) < 4.78 is 0. The van der Waals surface area contributed by atoms with Gasteiger partial charge in [0.05, 0.1) is 5.41 Å². The van der Waals surface area contributed by atoms with Crippen molar-refractivity contribution in [3.63, 3.8) is 0 Å². The lowest BCUT2D eigenvalue weighted by atomic mass is 9.84.